The molecule has 2 N–H and O–H groups in total. The van der Waals surface area contributed by atoms with Crippen LogP contribution >= 0.6 is 7.82 Å². The summed E-state index contributed by atoms with van der Waals surface area (Å²) in [7, 11) is -3.72. The number of rotatable bonds is 8. The number of hydrogen-bond acceptors (Lipinski definition) is 10. The molecule has 1 aromatic heterocycles. The molecule has 0 bridgehead atoms. The van der Waals surface area contributed by atoms with Gasteiger partial charge in [0.25, 0.3) is 0 Å². The second-order valence-corrected chi connectivity index (χ2v) is 8.42. The van der Waals surface area contributed by atoms with Crippen molar-refractivity contribution >= 4 is 13.6 Å². The van der Waals surface area contributed by atoms with Gasteiger partial charge < -0.3 is 19.9 Å². The van der Waals surface area contributed by atoms with Crippen LogP contribution < -0.4 is 11.4 Å². The van der Waals surface area contributed by atoms with Gasteiger partial charge in [-0.05, 0) is 33.8 Å². The highest BCUT2D eigenvalue weighted by Gasteiger charge is 2.56. The minimum Gasteiger partial charge on any atom is -0.383 e. The molecule has 1 aromatic rings. The molecule has 0 aliphatic carbocycles. The van der Waals surface area contributed by atoms with Gasteiger partial charge in [-0.2, -0.15) is 4.98 Å². The summed E-state index contributed by atoms with van der Waals surface area (Å²) in [5.74, 6) is -0.779. The van der Waals surface area contributed by atoms with Crippen LogP contribution in [0.4, 0.5) is 5.82 Å². The molecule has 0 radical (unpaired) electrons. The molecule has 158 valence electrons. The van der Waals surface area contributed by atoms with Gasteiger partial charge in [0.05, 0.1) is 19.8 Å². The Balaban J connectivity index is 1.81. The van der Waals surface area contributed by atoms with Crippen molar-refractivity contribution in [1.29, 1.82) is 0 Å². The molecular formula is C16H26N3O8P. The van der Waals surface area contributed by atoms with Crippen LogP contribution in [0.2, 0.25) is 0 Å². The molecule has 2 aliphatic heterocycles. The zero-order valence-electron chi connectivity index (χ0n) is 16.3. The quantitative estimate of drug-likeness (QED) is 0.617. The SMILES string of the molecule is CCOP(=O)(OCC)OC[C@H]1O[C@@H](n2ccc(N)nc2=O)C2OC(C)(C)O[C@H]21. The van der Waals surface area contributed by atoms with E-state index in [-0.39, 0.29) is 25.6 Å². The Morgan fingerprint density at radius 2 is 1.86 bits per heavy atom. The summed E-state index contributed by atoms with van der Waals surface area (Å²) < 4.78 is 47.3. The fraction of sp³-hybridized carbons (Fsp3) is 0.750. The first-order chi connectivity index (χ1) is 13.2. The van der Waals surface area contributed by atoms with Crippen LogP contribution in [-0.4, -0.2) is 53.5 Å². The van der Waals surface area contributed by atoms with Crippen LogP contribution in [0.3, 0.4) is 0 Å². The molecule has 0 amide bonds. The molecular weight excluding hydrogens is 393 g/mol. The fourth-order valence-corrected chi connectivity index (χ4v) is 4.42. The lowest BCUT2D eigenvalue weighted by atomic mass is 10.1. The van der Waals surface area contributed by atoms with Crippen molar-refractivity contribution in [3.63, 3.8) is 0 Å². The normalized spacial score (nSPS) is 29.1. The summed E-state index contributed by atoms with van der Waals surface area (Å²) in [5, 5.41) is 0. The Morgan fingerprint density at radius 1 is 1.21 bits per heavy atom. The van der Waals surface area contributed by atoms with Crippen molar-refractivity contribution in [1.82, 2.24) is 9.55 Å². The van der Waals surface area contributed by atoms with Crippen LogP contribution in [0.5, 0.6) is 0 Å². The number of hydrogen-bond donors (Lipinski definition) is 1. The molecule has 0 spiro atoms. The topological polar surface area (TPSA) is 133 Å². The van der Waals surface area contributed by atoms with Crippen LogP contribution in [0.1, 0.15) is 33.9 Å². The highest BCUT2D eigenvalue weighted by atomic mass is 31.2. The van der Waals surface area contributed by atoms with Crippen molar-refractivity contribution in [3.05, 3.63) is 22.7 Å². The van der Waals surface area contributed by atoms with Gasteiger partial charge >= 0.3 is 13.5 Å². The molecule has 0 saturated carbocycles. The van der Waals surface area contributed by atoms with Gasteiger partial charge in [-0.1, -0.05) is 0 Å². The first kappa shape index (κ1) is 21.4. The van der Waals surface area contributed by atoms with Crippen molar-refractivity contribution in [2.24, 2.45) is 0 Å². The molecule has 28 heavy (non-hydrogen) atoms. The van der Waals surface area contributed by atoms with Crippen molar-refractivity contribution in [3.8, 4) is 0 Å². The van der Waals surface area contributed by atoms with Crippen LogP contribution in [0, 0.1) is 0 Å². The van der Waals surface area contributed by atoms with Gasteiger partial charge in [0.15, 0.2) is 12.0 Å². The number of anilines is 1. The second-order valence-electron chi connectivity index (χ2n) is 6.75. The average molecular weight is 419 g/mol. The highest BCUT2D eigenvalue weighted by molar-refractivity contribution is 7.48. The zero-order valence-corrected chi connectivity index (χ0v) is 17.2. The Bertz CT molecular complexity index is 790. The van der Waals surface area contributed by atoms with E-state index >= 15 is 0 Å². The number of fused-ring (bicyclic) bond motifs is 1. The van der Waals surface area contributed by atoms with Gasteiger partial charge in [0.2, 0.25) is 0 Å². The average Bonchev–Trinajstić information content (AvgIpc) is 3.07. The van der Waals surface area contributed by atoms with Gasteiger partial charge in [0, 0.05) is 6.20 Å². The molecule has 2 fully saturated rings. The molecule has 3 rings (SSSR count). The van der Waals surface area contributed by atoms with E-state index in [0.29, 0.717) is 0 Å². The van der Waals surface area contributed by atoms with Gasteiger partial charge in [-0.25, -0.2) is 9.36 Å². The number of ether oxygens (including phenoxy) is 3. The molecule has 2 aliphatic rings. The Morgan fingerprint density at radius 3 is 2.46 bits per heavy atom. The molecule has 12 heteroatoms. The van der Waals surface area contributed by atoms with Crippen molar-refractivity contribution in [2.75, 3.05) is 25.6 Å². The summed E-state index contributed by atoms with van der Waals surface area (Å²) in [5.41, 5.74) is 4.98. The largest absolute Gasteiger partial charge is 0.474 e. The predicted molar refractivity (Wildman–Crippen MR) is 97.5 cm³/mol. The lowest BCUT2D eigenvalue weighted by Gasteiger charge is -2.25. The molecule has 11 nitrogen and oxygen atoms in total. The zero-order chi connectivity index (χ0) is 20.5. The smallest absolute Gasteiger partial charge is 0.383 e. The standard InChI is InChI=1S/C16H26N3O8P/c1-5-22-28(21,23-6-2)24-9-10-12-13(27-16(3,4)26-12)14(25-10)19-8-7-11(17)18-15(19)20/h7-8,10,12-14H,5-6,9H2,1-4H3,(H2,17,18,20)/t10-,12+,13?,14-/m1/s1. The molecule has 4 atom stereocenters. The summed E-state index contributed by atoms with van der Waals surface area (Å²) in [4.78, 5) is 16.0. The number of phosphoric ester groups is 1. The van der Waals surface area contributed by atoms with Crippen molar-refractivity contribution in [2.45, 2.75) is 58.0 Å². The van der Waals surface area contributed by atoms with E-state index in [1.54, 1.807) is 27.7 Å². The van der Waals surface area contributed by atoms with E-state index in [2.05, 4.69) is 4.98 Å². The second kappa shape index (κ2) is 8.19. The maximum atomic E-state index is 12.6. The lowest BCUT2D eigenvalue weighted by molar-refractivity contribution is -0.200. The molecule has 1 unspecified atom stereocenters. The van der Waals surface area contributed by atoms with Crippen LogP contribution in [0.15, 0.2) is 17.1 Å². The number of nitrogens with two attached hydrogens (primary N) is 1. The minimum absolute atomic E-state index is 0.106. The maximum Gasteiger partial charge on any atom is 0.474 e. The molecule has 0 aromatic carbocycles. The summed E-state index contributed by atoms with van der Waals surface area (Å²) >= 11 is 0. The first-order valence-electron chi connectivity index (χ1n) is 9.07. The van der Waals surface area contributed by atoms with E-state index in [1.807, 2.05) is 0 Å². The minimum atomic E-state index is -3.72. The van der Waals surface area contributed by atoms with E-state index in [9.17, 15) is 9.36 Å². The van der Waals surface area contributed by atoms with Crippen molar-refractivity contribution < 1.29 is 32.3 Å². The lowest BCUT2D eigenvalue weighted by Crippen LogP contribution is -2.35. The first-order valence-corrected chi connectivity index (χ1v) is 10.5. The predicted octanol–water partition coefficient (Wildman–Crippen LogP) is 1.44. The molecule has 2 saturated heterocycles. The Hall–Kier alpha value is -1.33. The fourth-order valence-electron chi connectivity index (χ4n) is 3.23. The summed E-state index contributed by atoms with van der Waals surface area (Å²) in [6.07, 6.45) is -1.14. The van der Waals surface area contributed by atoms with Gasteiger partial charge in [0.1, 0.15) is 24.1 Å². The molecule has 3 heterocycles. The number of nitrogen functional groups attached to an aromatic ring is 1. The monoisotopic (exact) mass is 419 g/mol. The summed E-state index contributed by atoms with van der Waals surface area (Å²) in [6, 6.07) is 1.49. The number of nitrogens with zero attached hydrogens (tertiary/aromatic N) is 2. The third-order valence-electron chi connectivity index (χ3n) is 4.22. The van der Waals surface area contributed by atoms with Crippen LogP contribution in [-0.2, 0) is 32.3 Å². The Labute approximate surface area is 162 Å². The number of aromatic nitrogens is 2. The van der Waals surface area contributed by atoms with Crippen LogP contribution in [0.25, 0.3) is 0 Å². The maximum absolute atomic E-state index is 12.6. The van der Waals surface area contributed by atoms with E-state index in [0.717, 1.165) is 0 Å². The third-order valence-corrected chi connectivity index (χ3v) is 5.84. The van der Waals surface area contributed by atoms with E-state index in [4.69, 9.17) is 33.5 Å². The van der Waals surface area contributed by atoms with Gasteiger partial charge in [-0.15, -0.1) is 0 Å². The third kappa shape index (κ3) is 4.46. The van der Waals surface area contributed by atoms with E-state index in [1.165, 1.54) is 16.8 Å². The highest BCUT2D eigenvalue weighted by Crippen LogP contribution is 2.51. The van der Waals surface area contributed by atoms with Gasteiger partial charge in [-0.3, -0.25) is 18.1 Å². The Kier molecular flexibility index (Phi) is 6.26. The van der Waals surface area contributed by atoms with E-state index < -0.39 is 43.8 Å². The summed E-state index contributed by atoms with van der Waals surface area (Å²) in [6.45, 7) is 7.08. The number of phosphoric acid groups is 1.